The van der Waals surface area contributed by atoms with E-state index >= 15 is 0 Å². The predicted molar refractivity (Wildman–Crippen MR) is 52.5 cm³/mol. The van der Waals surface area contributed by atoms with Crippen molar-refractivity contribution in [2.24, 2.45) is 5.92 Å². The van der Waals surface area contributed by atoms with Gasteiger partial charge in [-0.15, -0.1) is 11.6 Å². The fourth-order valence-electron chi connectivity index (χ4n) is 2.06. The first-order valence-corrected chi connectivity index (χ1v) is 5.60. The number of halogens is 1. The third-order valence-corrected chi connectivity index (χ3v) is 3.02. The molecule has 1 aliphatic rings. The second kappa shape index (κ2) is 5.82. The van der Waals surface area contributed by atoms with Gasteiger partial charge in [0.1, 0.15) is 0 Å². The molecule has 0 aromatic carbocycles. The van der Waals surface area contributed by atoms with Crippen LogP contribution in [-0.2, 0) is 0 Å². The van der Waals surface area contributed by atoms with E-state index in [-0.39, 0.29) is 6.10 Å². The summed E-state index contributed by atoms with van der Waals surface area (Å²) in [5.41, 5.74) is 0. The molecule has 0 aliphatic heterocycles. The van der Waals surface area contributed by atoms with Crippen LogP contribution in [0.15, 0.2) is 0 Å². The van der Waals surface area contributed by atoms with Gasteiger partial charge in [-0.3, -0.25) is 0 Å². The lowest BCUT2D eigenvalue weighted by molar-refractivity contribution is 0.133. The normalized spacial score (nSPS) is 21.5. The van der Waals surface area contributed by atoms with E-state index < -0.39 is 0 Å². The Kier molecular flexibility index (Phi) is 5.01. The van der Waals surface area contributed by atoms with E-state index in [1.165, 1.54) is 25.7 Å². The Morgan fingerprint density at radius 3 is 2.58 bits per heavy atom. The van der Waals surface area contributed by atoms with E-state index in [1.807, 2.05) is 0 Å². The molecule has 1 unspecified atom stereocenters. The van der Waals surface area contributed by atoms with Crippen molar-refractivity contribution in [2.75, 3.05) is 5.88 Å². The summed E-state index contributed by atoms with van der Waals surface area (Å²) < 4.78 is 0. The molecule has 0 saturated heterocycles. The number of aliphatic hydroxyl groups is 1. The maximum Gasteiger partial charge on any atom is 0.0543 e. The highest BCUT2D eigenvalue weighted by atomic mass is 35.5. The van der Waals surface area contributed by atoms with Crippen molar-refractivity contribution >= 4 is 11.6 Å². The molecular weight excluding hydrogens is 172 g/mol. The monoisotopic (exact) mass is 190 g/mol. The number of rotatable bonds is 5. The highest BCUT2D eigenvalue weighted by Crippen LogP contribution is 2.29. The SMILES string of the molecule is OC(CCCCl)CC1CCCC1. The van der Waals surface area contributed by atoms with Gasteiger partial charge in [-0.1, -0.05) is 25.7 Å². The zero-order valence-corrected chi connectivity index (χ0v) is 8.39. The van der Waals surface area contributed by atoms with Crippen molar-refractivity contribution < 1.29 is 5.11 Å². The Morgan fingerprint density at radius 2 is 2.00 bits per heavy atom. The van der Waals surface area contributed by atoms with Gasteiger partial charge < -0.3 is 5.11 Å². The van der Waals surface area contributed by atoms with Crippen LogP contribution in [0.25, 0.3) is 0 Å². The lowest BCUT2D eigenvalue weighted by Crippen LogP contribution is -2.11. The molecule has 0 amide bonds. The highest BCUT2D eigenvalue weighted by Gasteiger charge is 2.18. The van der Waals surface area contributed by atoms with E-state index in [1.54, 1.807) is 0 Å². The fourth-order valence-corrected chi connectivity index (χ4v) is 2.22. The maximum absolute atomic E-state index is 9.58. The second-order valence-corrected chi connectivity index (χ2v) is 4.25. The number of alkyl halides is 1. The summed E-state index contributed by atoms with van der Waals surface area (Å²) in [4.78, 5) is 0. The van der Waals surface area contributed by atoms with Crippen molar-refractivity contribution in [1.29, 1.82) is 0 Å². The smallest absolute Gasteiger partial charge is 0.0543 e. The summed E-state index contributed by atoms with van der Waals surface area (Å²) in [5.74, 6) is 1.48. The van der Waals surface area contributed by atoms with E-state index in [0.717, 1.165) is 25.2 Å². The summed E-state index contributed by atoms with van der Waals surface area (Å²) in [7, 11) is 0. The van der Waals surface area contributed by atoms with E-state index in [9.17, 15) is 5.11 Å². The summed E-state index contributed by atoms with van der Waals surface area (Å²) >= 11 is 5.55. The second-order valence-electron chi connectivity index (χ2n) is 3.87. The Labute approximate surface area is 80.1 Å². The van der Waals surface area contributed by atoms with Gasteiger partial charge in [0.25, 0.3) is 0 Å². The minimum Gasteiger partial charge on any atom is -0.393 e. The van der Waals surface area contributed by atoms with E-state index in [2.05, 4.69) is 0 Å². The number of hydrogen-bond donors (Lipinski definition) is 1. The summed E-state index contributed by atoms with van der Waals surface area (Å²) in [6, 6.07) is 0. The average molecular weight is 191 g/mol. The van der Waals surface area contributed by atoms with Gasteiger partial charge >= 0.3 is 0 Å². The molecule has 0 bridgehead atoms. The van der Waals surface area contributed by atoms with E-state index in [4.69, 9.17) is 11.6 Å². The van der Waals surface area contributed by atoms with E-state index in [0.29, 0.717) is 5.88 Å². The minimum atomic E-state index is -0.0909. The van der Waals surface area contributed by atoms with Gasteiger partial charge in [-0.2, -0.15) is 0 Å². The summed E-state index contributed by atoms with van der Waals surface area (Å²) in [6.07, 6.45) is 8.16. The molecule has 0 spiro atoms. The largest absolute Gasteiger partial charge is 0.393 e. The van der Waals surface area contributed by atoms with Crippen LogP contribution in [0.1, 0.15) is 44.9 Å². The van der Waals surface area contributed by atoms with Crippen LogP contribution in [0.2, 0.25) is 0 Å². The molecule has 1 N–H and O–H groups in total. The molecule has 1 fully saturated rings. The molecular formula is C10H19ClO. The number of hydrogen-bond acceptors (Lipinski definition) is 1. The summed E-state index contributed by atoms with van der Waals surface area (Å²) in [5, 5.41) is 9.58. The lowest BCUT2D eigenvalue weighted by Gasteiger charge is -2.14. The highest BCUT2D eigenvalue weighted by molar-refractivity contribution is 6.17. The van der Waals surface area contributed by atoms with Crippen molar-refractivity contribution in [3.05, 3.63) is 0 Å². The van der Waals surface area contributed by atoms with Crippen LogP contribution < -0.4 is 0 Å². The van der Waals surface area contributed by atoms with Crippen LogP contribution in [0.4, 0.5) is 0 Å². The lowest BCUT2D eigenvalue weighted by atomic mass is 9.98. The molecule has 1 aliphatic carbocycles. The minimum absolute atomic E-state index is 0.0909. The molecule has 72 valence electrons. The van der Waals surface area contributed by atoms with Crippen LogP contribution >= 0.6 is 11.6 Å². The van der Waals surface area contributed by atoms with Crippen molar-refractivity contribution in [2.45, 2.75) is 51.0 Å². The van der Waals surface area contributed by atoms with Crippen LogP contribution in [-0.4, -0.2) is 17.1 Å². The van der Waals surface area contributed by atoms with Gasteiger partial charge in [-0.25, -0.2) is 0 Å². The molecule has 0 aromatic rings. The molecule has 1 rings (SSSR count). The predicted octanol–water partition coefficient (Wildman–Crippen LogP) is 2.95. The zero-order chi connectivity index (χ0) is 8.81. The van der Waals surface area contributed by atoms with Crippen LogP contribution in [0, 0.1) is 5.92 Å². The third-order valence-electron chi connectivity index (χ3n) is 2.75. The summed E-state index contributed by atoms with van der Waals surface area (Å²) in [6.45, 7) is 0. The average Bonchev–Trinajstić information content (AvgIpc) is 2.53. The quantitative estimate of drug-likeness (QED) is 0.661. The molecule has 0 heterocycles. The van der Waals surface area contributed by atoms with Gasteiger partial charge in [0.05, 0.1) is 6.10 Å². The Bertz CT molecular complexity index is 110. The van der Waals surface area contributed by atoms with Crippen LogP contribution in [0.3, 0.4) is 0 Å². The van der Waals surface area contributed by atoms with Crippen LogP contribution in [0.5, 0.6) is 0 Å². The molecule has 0 aromatic heterocycles. The molecule has 12 heavy (non-hydrogen) atoms. The Hall–Kier alpha value is 0.250. The van der Waals surface area contributed by atoms with Gasteiger partial charge in [0, 0.05) is 5.88 Å². The Balaban J connectivity index is 2.03. The first-order chi connectivity index (χ1) is 5.83. The van der Waals surface area contributed by atoms with Crippen molar-refractivity contribution in [3.63, 3.8) is 0 Å². The van der Waals surface area contributed by atoms with Crippen molar-refractivity contribution in [1.82, 2.24) is 0 Å². The first-order valence-electron chi connectivity index (χ1n) is 5.07. The van der Waals surface area contributed by atoms with Crippen molar-refractivity contribution in [3.8, 4) is 0 Å². The fraction of sp³-hybridized carbons (Fsp3) is 1.00. The molecule has 1 saturated carbocycles. The topological polar surface area (TPSA) is 20.2 Å². The third kappa shape index (κ3) is 3.77. The zero-order valence-electron chi connectivity index (χ0n) is 7.64. The molecule has 0 radical (unpaired) electrons. The van der Waals surface area contributed by atoms with Gasteiger partial charge in [0.15, 0.2) is 0 Å². The first kappa shape index (κ1) is 10.3. The van der Waals surface area contributed by atoms with Gasteiger partial charge in [0.2, 0.25) is 0 Å². The molecule has 1 nitrogen and oxygen atoms in total. The number of aliphatic hydroxyl groups excluding tert-OH is 1. The molecule has 1 atom stereocenters. The standard InChI is InChI=1S/C10H19ClO/c11-7-3-6-10(12)8-9-4-1-2-5-9/h9-10,12H,1-8H2. The molecule has 2 heteroatoms. The maximum atomic E-state index is 9.58. The Morgan fingerprint density at radius 1 is 1.33 bits per heavy atom. The van der Waals surface area contributed by atoms with Gasteiger partial charge in [-0.05, 0) is 25.2 Å².